The number of hydrogen-bond acceptors (Lipinski definition) is 4. The van der Waals surface area contributed by atoms with Gasteiger partial charge in [-0.25, -0.2) is 4.98 Å². The summed E-state index contributed by atoms with van der Waals surface area (Å²) in [5.41, 5.74) is 0.961. The molecule has 1 aromatic heterocycles. The lowest BCUT2D eigenvalue weighted by Gasteiger charge is -2.29. The van der Waals surface area contributed by atoms with Crippen LogP contribution in [0, 0.1) is 10.6 Å². The minimum absolute atomic E-state index is 0.0267. The quantitative estimate of drug-likeness (QED) is 0.808. The standard InChI is InChI=1S/C15H24N2O2S/c1-3-19-14(11-7-5-4-6-8-11)15-16-12(10-18-2)9-13(20)17-15/h9,11,14H,3-8,10H2,1-2H3,(H,16,17,20). The van der Waals surface area contributed by atoms with Gasteiger partial charge >= 0.3 is 0 Å². The summed E-state index contributed by atoms with van der Waals surface area (Å²) in [6, 6.07) is 1.85. The highest BCUT2D eigenvalue weighted by Crippen LogP contribution is 2.35. The van der Waals surface area contributed by atoms with Gasteiger partial charge in [-0.15, -0.1) is 0 Å². The molecule has 0 radical (unpaired) electrons. The van der Waals surface area contributed by atoms with Crippen LogP contribution in [-0.4, -0.2) is 23.7 Å². The number of nitrogens with one attached hydrogen (secondary N) is 1. The maximum absolute atomic E-state index is 5.97. The van der Waals surface area contributed by atoms with E-state index in [1.54, 1.807) is 7.11 Å². The molecule has 1 aliphatic carbocycles. The summed E-state index contributed by atoms with van der Waals surface area (Å²) >= 11 is 5.26. The van der Waals surface area contributed by atoms with Gasteiger partial charge in [0.2, 0.25) is 0 Å². The third kappa shape index (κ3) is 4.11. The van der Waals surface area contributed by atoms with Crippen molar-refractivity contribution in [1.29, 1.82) is 0 Å². The van der Waals surface area contributed by atoms with Crippen molar-refractivity contribution >= 4 is 12.2 Å². The molecule has 1 fully saturated rings. The van der Waals surface area contributed by atoms with Gasteiger partial charge in [-0.2, -0.15) is 0 Å². The molecule has 0 amide bonds. The third-order valence-electron chi connectivity index (χ3n) is 3.81. The van der Waals surface area contributed by atoms with Crippen molar-refractivity contribution in [2.45, 2.75) is 51.7 Å². The van der Waals surface area contributed by atoms with E-state index < -0.39 is 0 Å². The molecule has 5 heteroatoms. The minimum Gasteiger partial charge on any atom is -0.378 e. The van der Waals surface area contributed by atoms with Gasteiger partial charge in [-0.1, -0.05) is 31.5 Å². The lowest BCUT2D eigenvalue weighted by molar-refractivity contribution is -0.000600. The van der Waals surface area contributed by atoms with Crippen molar-refractivity contribution < 1.29 is 9.47 Å². The molecular formula is C15H24N2O2S. The fraction of sp³-hybridized carbons (Fsp3) is 0.733. The van der Waals surface area contributed by atoms with E-state index in [1.165, 1.54) is 32.1 Å². The number of H-pyrrole nitrogens is 1. The van der Waals surface area contributed by atoms with Crippen LogP contribution in [-0.2, 0) is 16.1 Å². The number of methoxy groups -OCH3 is 1. The van der Waals surface area contributed by atoms with Crippen LogP contribution in [0.2, 0.25) is 0 Å². The smallest absolute Gasteiger partial charge is 0.137 e. The number of aromatic nitrogens is 2. The van der Waals surface area contributed by atoms with Gasteiger partial charge in [-0.05, 0) is 31.7 Å². The SMILES string of the molecule is CCOC(c1nc(=S)cc(COC)[nH]1)C1CCCCC1. The molecule has 1 N–H and O–H groups in total. The third-order valence-corrected chi connectivity index (χ3v) is 4.02. The molecular weight excluding hydrogens is 272 g/mol. The summed E-state index contributed by atoms with van der Waals surface area (Å²) in [4.78, 5) is 7.83. The Morgan fingerprint density at radius 1 is 1.40 bits per heavy atom. The van der Waals surface area contributed by atoms with Crippen molar-refractivity contribution in [2.75, 3.05) is 13.7 Å². The van der Waals surface area contributed by atoms with E-state index in [1.807, 2.05) is 13.0 Å². The summed E-state index contributed by atoms with van der Waals surface area (Å²) in [5.74, 6) is 1.40. The van der Waals surface area contributed by atoms with Crippen LogP contribution < -0.4 is 0 Å². The van der Waals surface area contributed by atoms with Gasteiger partial charge in [0.25, 0.3) is 0 Å². The molecule has 0 spiro atoms. The average molecular weight is 296 g/mol. The summed E-state index contributed by atoms with van der Waals surface area (Å²) in [5, 5.41) is 0. The van der Waals surface area contributed by atoms with Crippen molar-refractivity contribution in [3.05, 3.63) is 22.2 Å². The minimum atomic E-state index is 0.0267. The van der Waals surface area contributed by atoms with E-state index in [2.05, 4.69) is 9.97 Å². The van der Waals surface area contributed by atoms with Gasteiger partial charge in [-0.3, -0.25) is 0 Å². The summed E-state index contributed by atoms with van der Waals surface area (Å²) < 4.78 is 11.8. The molecule has 112 valence electrons. The Morgan fingerprint density at radius 3 is 2.80 bits per heavy atom. The molecule has 1 heterocycles. The lowest BCUT2D eigenvalue weighted by atomic mass is 9.85. The molecule has 0 aromatic carbocycles. The first-order valence-electron chi connectivity index (χ1n) is 7.45. The van der Waals surface area contributed by atoms with E-state index in [4.69, 9.17) is 21.7 Å². The molecule has 1 aromatic rings. The molecule has 0 saturated heterocycles. The maximum Gasteiger partial charge on any atom is 0.137 e. The van der Waals surface area contributed by atoms with Crippen molar-refractivity contribution in [3.63, 3.8) is 0 Å². The number of aromatic amines is 1. The topological polar surface area (TPSA) is 47.1 Å². The fourth-order valence-electron chi connectivity index (χ4n) is 2.95. The number of ether oxygens (including phenoxy) is 2. The monoisotopic (exact) mass is 296 g/mol. The van der Waals surface area contributed by atoms with Crippen LogP contribution in [0.25, 0.3) is 0 Å². The summed E-state index contributed by atoms with van der Waals surface area (Å²) in [6.45, 7) is 3.24. The van der Waals surface area contributed by atoms with Crippen LogP contribution in [0.4, 0.5) is 0 Å². The zero-order chi connectivity index (χ0) is 14.4. The summed E-state index contributed by atoms with van der Waals surface area (Å²) in [6.07, 6.45) is 6.35. The fourth-order valence-corrected chi connectivity index (χ4v) is 3.19. The van der Waals surface area contributed by atoms with Crippen LogP contribution in [0.15, 0.2) is 6.07 Å². The van der Waals surface area contributed by atoms with Crippen LogP contribution >= 0.6 is 12.2 Å². The van der Waals surface area contributed by atoms with Crippen molar-refractivity contribution in [2.24, 2.45) is 5.92 Å². The predicted octanol–water partition coefficient (Wildman–Crippen LogP) is 3.94. The van der Waals surface area contributed by atoms with Gasteiger partial charge in [0.1, 0.15) is 16.6 Å². The van der Waals surface area contributed by atoms with Gasteiger partial charge in [0.05, 0.1) is 6.61 Å². The van der Waals surface area contributed by atoms with E-state index in [0.717, 1.165) is 11.5 Å². The van der Waals surface area contributed by atoms with E-state index >= 15 is 0 Å². The highest BCUT2D eigenvalue weighted by atomic mass is 32.1. The molecule has 20 heavy (non-hydrogen) atoms. The first kappa shape index (κ1) is 15.6. The highest BCUT2D eigenvalue weighted by Gasteiger charge is 2.27. The largest absolute Gasteiger partial charge is 0.378 e. The Kier molecular flexibility index (Phi) is 6.13. The predicted molar refractivity (Wildman–Crippen MR) is 81.1 cm³/mol. The summed E-state index contributed by atoms with van der Waals surface area (Å²) in [7, 11) is 1.68. The van der Waals surface area contributed by atoms with Crippen LogP contribution in [0.1, 0.15) is 56.7 Å². The molecule has 0 bridgehead atoms. The van der Waals surface area contributed by atoms with Crippen LogP contribution in [0.3, 0.4) is 0 Å². The Hall–Kier alpha value is -0.780. The Balaban J connectivity index is 2.25. The second-order valence-electron chi connectivity index (χ2n) is 5.34. The highest BCUT2D eigenvalue weighted by molar-refractivity contribution is 7.71. The molecule has 1 unspecified atom stereocenters. The second kappa shape index (κ2) is 7.86. The lowest BCUT2D eigenvalue weighted by Crippen LogP contribution is -2.22. The maximum atomic E-state index is 5.97. The molecule has 4 nitrogen and oxygen atoms in total. The number of nitrogens with zero attached hydrogens (tertiary/aromatic N) is 1. The van der Waals surface area contributed by atoms with E-state index in [-0.39, 0.29) is 6.10 Å². The van der Waals surface area contributed by atoms with Gasteiger partial charge in [0, 0.05) is 19.4 Å². The van der Waals surface area contributed by atoms with Crippen molar-refractivity contribution in [1.82, 2.24) is 9.97 Å². The normalized spacial score (nSPS) is 18.1. The van der Waals surface area contributed by atoms with Crippen LogP contribution in [0.5, 0.6) is 0 Å². The number of hydrogen-bond donors (Lipinski definition) is 1. The van der Waals surface area contributed by atoms with Gasteiger partial charge in [0.15, 0.2) is 0 Å². The molecule has 1 aliphatic rings. The zero-order valence-electron chi connectivity index (χ0n) is 12.4. The number of rotatable bonds is 6. The van der Waals surface area contributed by atoms with Crippen molar-refractivity contribution in [3.8, 4) is 0 Å². The second-order valence-corrected chi connectivity index (χ2v) is 5.76. The first-order valence-corrected chi connectivity index (χ1v) is 7.86. The Labute approximate surface area is 125 Å². The van der Waals surface area contributed by atoms with E-state index in [0.29, 0.717) is 23.8 Å². The molecule has 1 saturated carbocycles. The average Bonchev–Trinajstić information content (AvgIpc) is 2.45. The van der Waals surface area contributed by atoms with E-state index in [9.17, 15) is 0 Å². The first-order chi connectivity index (χ1) is 9.74. The molecule has 1 atom stereocenters. The molecule has 2 rings (SSSR count). The zero-order valence-corrected chi connectivity index (χ0v) is 13.2. The Morgan fingerprint density at radius 2 is 2.15 bits per heavy atom. The Bertz CT molecular complexity index is 469. The molecule has 0 aliphatic heterocycles. The van der Waals surface area contributed by atoms with Gasteiger partial charge < -0.3 is 14.5 Å².